The molecule has 0 aliphatic carbocycles. The predicted octanol–water partition coefficient (Wildman–Crippen LogP) is 8.75. The topological polar surface area (TPSA) is 44.6 Å². The monoisotopic (exact) mass is 472 g/mol. The quantitative estimate of drug-likeness (QED) is 0.223. The van der Waals surface area contributed by atoms with Crippen LogP contribution in [0.15, 0.2) is 58.8 Å². The first-order valence-corrected chi connectivity index (χ1v) is 13.0. The number of hydrogen-bond acceptors (Lipinski definition) is 3. The number of phenols is 1. The van der Waals surface area contributed by atoms with Crippen molar-refractivity contribution >= 4 is 5.71 Å². The summed E-state index contributed by atoms with van der Waals surface area (Å²) < 4.78 is 14.5. The highest BCUT2D eigenvalue weighted by atomic mass is 19.1. The van der Waals surface area contributed by atoms with Crippen LogP contribution in [0.5, 0.6) is 5.75 Å². The highest BCUT2D eigenvalue weighted by Gasteiger charge is 2.16. The van der Waals surface area contributed by atoms with Crippen LogP contribution in [0.4, 0.5) is 4.39 Å². The summed E-state index contributed by atoms with van der Waals surface area (Å²) in [6.45, 7) is 17.4. The molecule has 0 saturated heterocycles. The molecule has 0 saturated carbocycles. The molecule has 2 N–H and O–H groups in total. The summed E-state index contributed by atoms with van der Waals surface area (Å²) in [7, 11) is 0. The van der Waals surface area contributed by atoms with Gasteiger partial charge in [0, 0.05) is 11.7 Å². The molecular formula is C30H49FN2O. The highest BCUT2D eigenvalue weighted by Crippen LogP contribution is 2.24. The zero-order valence-corrected chi connectivity index (χ0v) is 22.9. The van der Waals surface area contributed by atoms with Crippen LogP contribution in [0.25, 0.3) is 0 Å². The van der Waals surface area contributed by atoms with Gasteiger partial charge in [-0.05, 0) is 62.8 Å². The van der Waals surface area contributed by atoms with Gasteiger partial charge in [-0.2, -0.15) is 0 Å². The van der Waals surface area contributed by atoms with E-state index in [1.165, 1.54) is 37.5 Å². The molecule has 1 aromatic carbocycles. The summed E-state index contributed by atoms with van der Waals surface area (Å²) in [5.74, 6) is 0.0718. The maximum absolute atomic E-state index is 14.5. The van der Waals surface area contributed by atoms with E-state index in [1.54, 1.807) is 0 Å². The number of hydrogen-bond donors (Lipinski definition) is 2. The Balaban J connectivity index is 0.00000343. The number of phenolic OH excluding ortho intramolecular Hbond substituents is 1. The minimum absolute atomic E-state index is 0.0960. The average molecular weight is 473 g/mol. The van der Waals surface area contributed by atoms with Crippen molar-refractivity contribution in [3.05, 3.63) is 65.2 Å². The summed E-state index contributed by atoms with van der Waals surface area (Å²) in [5, 5.41) is 13.9. The fourth-order valence-corrected chi connectivity index (χ4v) is 3.50. The van der Waals surface area contributed by atoms with Gasteiger partial charge in [-0.15, -0.1) is 0 Å². The Hall–Kier alpha value is -2.36. The molecule has 0 fully saturated rings. The minimum atomic E-state index is -0.471. The van der Waals surface area contributed by atoms with E-state index in [1.807, 2.05) is 31.2 Å². The van der Waals surface area contributed by atoms with Gasteiger partial charge in [-0.25, -0.2) is 4.39 Å². The molecule has 3 nitrogen and oxygen atoms in total. The molecule has 0 radical (unpaired) electrons. The van der Waals surface area contributed by atoms with Gasteiger partial charge in [-0.1, -0.05) is 85.1 Å². The molecule has 0 aliphatic heterocycles. The smallest absolute Gasteiger partial charge is 0.136 e. The molecule has 4 heteroatoms. The van der Waals surface area contributed by atoms with Crippen LogP contribution in [-0.2, 0) is 0 Å². The molecule has 1 unspecified atom stereocenters. The van der Waals surface area contributed by atoms with Gasteiger partial charge in [0.25, 0.3) is 0 Å². The minimum Gasteiger partial charge on any atom is -0.507 e. The normalized spacial score (nSPS) is 13.8. The van der Waals surface area contributed by atoms with Crippen LogP contribution in [-0.4, -0.2) is 23.4 Å². The lowest BCUT2D eigenvalue weighted by Gasteiger charge is -2.22. The van der Waals surface area contributed by atoms with Crippen LogP contribution in [0.1, 0.15) is 99.5 Å². The van der Waals surface area contributed by atoms with Gasteiger partial charge in [0.2, 0.25) is 0 Å². The zero-order chi connectivity index (χ0) is 25.9. The summed E-state index contributed by atoms with van der Waals surface area (Å²) in [4.78, 5) is 4.66. The maximum atomic E-state index is 14.5. The first-order chi connectivity index (χ1) is 16.2. The lowest BCUT2D eigenvalue weighted by molar-refractivity contribution is 0.413. The summed E-state index contributed by atoms with van der Waals surface area (Å²) in [5.41, 5.74) is 2.52. The molecule has 1 rings (SSSR count). The Labute approximate surface area is 209 Å². The van der Waals surface area contributed by atoms with Gasteiger partial charge in [0.05, 0.1) is 17.8 Å². The number of benzene rings is 1. The molecule has 0 amide bonds. The van der Waals surface area contributed by atoms with Crippen LogP contribution in [0.3, 0.4) is 0 Å². The standard InChI is InChI=1S/C27H41FN2O.C3H8/c1-7-9-11-13-21(5)27(26-24(28)15-12-16-25(26)31)29-18-17-22(6)30-23(14-10-8-2)19-20(3)4;1-3-2/h9,11-13,15-17,20,23,30-31H,7-8,10,14,18-19H2,1-6H3;3H2,1-2H3/b11-9-,21-13+,22-17+,29-27?;. The van der Waals surface area contributed by atoms with E-state index in [0.29, 0.717) is 24.2 Å². The lowest BCUT2D eigenvalue weighted by Crippen LogP contribution is -2.29. The number of rotatable bonds is 13. The van der Waals surface area contributed by atoms with E-state index in [-0.39, 0.29) is 11.3 Å². The number of unbranched alkanes of at least 4 members (excludes halogenated alkanes) is 1. The largest absolute Gasteiger partial charge is 0.507 e. The maximum Gasteiger partial charge on any atom is 0.136 e. The second-order valence-electron chi connectivity index (χ2n) is 9.22. The van der Waals surface area contributed by atoms with Crippen molar-refractivity contribution in [2.45, 2.75) is 100.0 Å². The molecule has 0 aromatic heterocycles. The van der Waals surface area contributed by atoms with E-state index in [9.17, 15) is 9.50 Å². The molecule has 0 spiro atoms. The first kappa shape index (κ1) is 31.6. The summed E-state index contributed by atoms with van der Waals surface area (Å²) in [6, 6.07) is 4.81. The van der Waals surface area contributed by atoms with Crippen molar-refractivity contribution in [3.63, 3.8) is 0 Å². The molecule has 1 aromatic rings. The van der Waals surface area contributed by atoms with Crippen LogP contribution < -0.4 is 5.32 Å². The Kier molecular flexibility index (Phi) is 17.7. The van der Waals surface area contributed by atoms with Crippen molar-refractivity contribution in [2.75, 3.05) is 6.54 Å². The number of aliphatic imine (C=N–C) groups is 1. The first-order valence-electron chi connectivity index (χ1n) is 13.0. The van der Waals surface area contributed by atoms with Gasteiger partial charge in [-0.3, -0.25) is 4.99 Å². The number of halogens is 1. The number of nitrogens with zero attached hydrogens (tertiary/aromatic N) is 1. The molecule has 0 bridgehead atoms. The summed E-state index contributed by atoms with van der Waals surface area (Å²) >= 11 is 0. The lowest BCUT2D eigenvalue weighted by atomic mass is 9.99. The van der Waals surface area contributed by atoms with Gasteiger partial charge in [0.1, 0.15) is 11.6 Å². The van der Waals surface area contributed by atoms with Crippen molar-refractivity contribution in [1.82, 2.24) is 5.32 Å². The second-order valence-corrected chi connectivity index (χ2v) is 9.22. The van der Waals surface area contributed by atoms with Crippen LogP contribution >= 0.6 is 0 Å². The third-order valence-electron chi connectivity index (χ3n) is 5.06. The number of aromatic hydroxyl groups is 1. The molecule has 192 valence electrons. The van der Waals surface area contributed by atoms with Gasteiger partial charge < -0.3 is 10.4 Å². The van der Waals surface area contributed by atoms with Gasteiger partial charge in [0.15, 0.2) is 0 Å². The molecular weight excluding hydrogens is 423 g/mol. The Morgan fingerprint density at radius 3 is 2.38 bits per heavy atom. The second kappa shape index (κ2) is 19.0. The number of allylic oxidation sites excluding steroid dienone is 5. The van der Waals surface area contributed by atoms with E-state index in [0.717, 1.165) is 30.5 Å². The fraction of sp³-hybridized carbons (Fsp3) is 0.567. The van der Waals surface area contributed by atoms with Crippen LogP contribution in [0.2, 0.25) is 0 Å². The molecule has 0 aliphatic rings. The van der Waals surface area contributed by atoms with E-state index >= 15 is 0 Å². The summed E-state index contributed by atoms with van der Waals surface area (Å²) in [6.07, 6.45) is 14.8. The molecule has 34 heavy (non-hydrogen) atoms. The number of nitrogens with one attached hydrogen (secondary N) is 1. The fourth-order valence-electron chi connectivity index (χ4n) is 3.50. The third-order valence-corrected chi connectivity index (χ3v) is 5.06. The van der Waals surface area contributed by atoms with E-state index in [4.69, 9.17) is 0 Å². The SMILES string of the molecule is CC/C=C\C=C(/C)C(=NC/C=C(\C)NC(CCCC)CC(C)C)c1c(O)cccc1F.CCC. The average Bonchev–Trinajstić information content (AvgIpc) is 2.76. The van der Waals surface area contributed by atoms with Crippen LogP contribution in [0, 0.1) is 11.7 Å². The van der Waals surface area contributed by atoms with E-state index in [2.05, 4.69) is 58.8 Å². The Morgan fingerprint density at radius 1 is 1.15 bits per heavy atom. The molecule has 1 atom stereocenters. The highest BCUT2D eigenvalue weighted by molar-refractivity contribution is 6.14. The Bertz CT molecular complexity index is 786. The van der Waals surface area contributed by atoms with Crippen molar-refractivity contribution < 1.29 is 9.50 Å². The van der Waals surface area contributed by atoms with Crippen molar-refractivity contribution in [1.29, 1.82) is 0 Å². The van der Waals surface area contributed by atoms with Gasteiger partial charge >= 0.3 is 0 Å². The third kappa shape index (κ3) is 13.4. The van der Waals surface area contributed by atoms with E-state index < -0.39 is 5.82 Å². The zero-order valence-electron chi connectivity index (χ0n) is 22.9. The Morgan fingerprint density at radius 2 is 1.82 bits per heavy atom. The van der Waals surface area contributed by atoms with Crippen molar-refractivity contribution in [2.24, 2.45) is 10.9 Å². The predicted molar refractivity (Wildman–Crippen MR) is 148 cm³/mol. The molecule has 0 heterocycles. The van der Waals surface area contributed by atoms with Crippen molar-refractivity contribution in [3.8, 4) is 5.75 Å².